The second kappa shape index (κ2) is 8.88. The summed E-state index contributed by atoms with van der Waals surface area (Å²) in [5, 5.41) is 12.0. The van der Waals surface area contributed by atoms with Gasteiger partial charge in [0, 0.05) is 51.5 Å². The lowest BCUT2D eigenvalue weighted by molar-refractivity contribution is -0.123. The van der Waals surface area contributed by atoms with E-state index in [-0.39, 0.29) is 11.7 Å². The smallest absolute Gasteiger partial charge is 0.229 e. The van der Waals surface area contributed by atoms with Crippen molar-refractivity contribution >= 4 is 33.7 Å². The lowest BCUT2D eigenvalue weighted by Gasteiger charge is -2.17. The number of carbonyl (C=O) groups is 1. The van der Waals surface area contributed by atoms with E-state index in [1.807, 2.05) is 51.1 Å². The monoisotopic (exact) mass is 505 g/mol. The molecule has 0 aliphatic carbocycles. The summed E-state index contributed by atoms with van der Waals surface area (Å²) in [6.07, 6.45) is 6.73. The zero-order valence-electron chi connectivity index (χ0n) is 21.0. The molecular weight excluding hydrogens is 481 g/mol. The summed E-state index contributed by atoms with van der Waals surface area (Å²) in [6, 6.07) is 14.3. The number of aromatic nitrogens is 6. The Morgan fingerprint density at radius 2 is 1.74 bits per heavy atom. The molecule has 0 atom stereocenters. The highest BCUT2D eigenvalue weighted by Gasteiger charge is 2.21. The quantitative estimate of drug-likeness (QED) is 0.258. The van der Waals surface area contributed by atoms with Crippen LogP contribution in [0.5, 0.6) is 0 Å². The Labute approximate surface area is 217 Å². The van der Waals surface area contributed by atoms with Crippen molar-refractivity contribution in [2.45, 2.75) is 20.8 Å². The van der Waals surface area contributed by atoms with Gasteiger partial charge in [-0.25, -0.2) is 14.4 Å². The van der Waals surface area contributed by atoms with Gasteiger partial charge in [0.25, 0.3) is 0 Å². The number of hydrogen-bond acceptors (Lipinski definition) is 5. The van der Waals surface area contributed by atoms with Crippen molar-refractivity contribution < 1.29 is 9.18 Å². The Morgan fingerprint density at radius 1 is 0.921 bits per heavy atom. The van der Waals surface area contributed by atoms with Crippen LogP contribution in [0.1, 0.15) is 20.8 Å². The minimum absolute atomic E-state index is 0.0932. The first-order valence-corrected chi connectivity index (χ1v) is 12.1. The molecule has 38 heavy (non-hydrogen) atoms. The number of anilines is 1. The second-order valence-corrected chi connectivity index (χ2v) is 10.1. The molecule has 5 heterocycles. The van der Waals surface area contributed by atoms with E-state index in [0.29, 0.717) is 22.5 Å². The number of hydrogen-bond donors (Lipinski definition) is 3. The van der Waals surface area contributed by atoms with Crippen molar-refractivity contribution in [3.05, 3.63) is 79.1 Å². The van der Waals surface area contributed by atoms with Crippen LogP contribution in [0.4, 0.5) is 10.1 Å². The lowest BCUT2D eigenvalue weighted by atomic mass is 9.95. The van der Waals surface area contributed by atoms with Gasteiger partial charge in [0.1, 0.15) is 11.5 Å². The summed E-state index contributed by atoms with van der Waals surface area (Å²) >= 11 is 0. The van der Waals surface area contributed by atoms with Crippen molar-refractivity contribution in [3.8, 4) is 33.6 Å². The zero-order valence-corrected chi connectivity index (χ0v) is 21.0. The predicted octanol–water partition coefficient (Wildman–Crippen LogP) is 6.35. The van der Waals surface area contributed by atoms with Gasteiger partial charge in [-0.1, -0.05) is 39.0 Å². The van der Waals surface area contributed by atoms with Crippen LogP contribution in [0, 0.1) is 11.2 Å². The van der Waals surface area contributed by atoms with Crippen LogP contribution >= 0.6 is 0 Å². The molecule has 6 rings (SSSR count). The lowest BCUT2D eigenvalue weighted by Crippen LogP contribution is -2.27. The number of nitrogens with zero attached hydrogens (tertiary/aromatic N) is 4. The maximum Gasteiger partial charge on any atom is 0.229 e. The molecule has 1 aromatic carbocycles. The van der Waals surface area contributed by atoms with Crippen molar-refractivity contribution in [2.75, 3.05) is 5.32 Å². The van der Waals surface area contributed by atoms with E-state index in [1.165, 1.54) is 6.07 Å². The molecule has 0 unspecified atom stereocenters. The molecule has 0 fully saturated rings. The number of H-pyrrole nitrogens is 2. The number of benzene rings is 1. The molecule has 9 heteroatoms. The minimum Gasteiger partial charge on any atom is -0.338 e. The van der Waals surface area contributed by atoms with Crippen LogP contribution in [0.15, 0.2) is 73.3 Å². The van der Waals surface area contributed by atoms with Crippen LogP contribution in [0.25, 0.3) is 55.7 Å². The number of rotatable bonds is 4. The minimum atomic E-state index is -0.525. The molecule has 0 saturated heterocycles. The second-order valence-electron chi connectivity index (χ2n) is 10.1. The van der Waals surface area contributed by atoms with Crippen molar-refractivity contribution in [2.24, 2.45) is 5.41 Å². The Morgan fingerprint density at radius 3 is 2.55 bits per heavy atom. The summed E-state index contributed by atoms with van der Waals surface area (Å²) in [4.78, 5) is 29.1. The van der Waals surface area contributed by atoms with E-state index in [2.05, 4.69) is 35.5 Å². The summed E-state index contributed by atoms with van der Waals surface area (Å²) < 4.78 is 14.6. The summed E-state index contributed by atoms with van der Waals surface area (Å²) in [6.45, 7) is 5.57. The molecule has 0 spiro atoms. The molecule has 0 aliphatic rings. The van der Waals surface area contributed by atoms with Crippen molar-refractivity contribution in [3.63, 3.8) is 0 Å². The predicted molar refractivity (Wildman–Crippen MR) is 146 cm³/mol. The first kappa shape index (κ1) is 23.5. The fourth-order valence-corrected chi connectivity index (χ4v) is 4.32. The highest BCUT2D eigenvalue weighted by atomic mass is 19.1. The number of aromatic amines is 2. The number of pyridine rings is 3. The third kappa shape index (κ3) is 4.17. The van der Waals surface area contributed by atoms with Gasteiger partial charge in [0.15, 0.2) is 5.65 Å². The van der Waals surface area contributed by atoms with Crippen LogP contribution in [0.3, 0.4) is 0 Å². The van der Waals surface area contributed by atoms with Crippen molar-refractivity contribution in [1.82, 2.24) is 30.1 Å². The fourth-order valence-electron chi connectivity index (χ4n) is 4.32. The maximum atomic E-state index is 14.6. The molecule has 0 radical (unpaired) electrons. The molecule has 0 aliphatic heterocycles. The number of amides is 1. The third-order valence-electron chi connectivity index (χ3n) is 6.39. The SMILES string of the molecule is CC(C)(C)C(=O)Nc1cncc(-c2cnc3n[nH]c(-c4cc5c(-c6ccccc6F)ccnc5[nH]4)c3c2)c1. The first-order chi connectivity index (χ1) is 18.3. The normalized spacial score (nSPS) is 11.8. The van der Waals surface area contributed by atoms with Gasteiger partial charge >= 0.3 is 0 Å². The number of nitrogens with one attached hydrogen (secondary N) is 3. The van der Waals surface area contributed by atoms with Crippen LogP contribution in [0.2, 0.25) is 0 Å². The van der Waals surface area contributed by atoms with E-state index in [4.69, 9.17) is 0 Å². The van der Waals surface area contributed by atoms with E-state index >= 15 is 0 Å². The molecule has 188 valence electrons. The van der Waals surface area contributed by atoms with Gasteiger partial charge in [-0.3, -0.25) is 14.9 Å². The molecular formula is C29H24FN7O. The molecule has 0 saturated carbocycles. The zero-order chi connectivity index (χ0) is 26.4. The molecule has 8 nitrogen and oxygen atoms in total. The standard InChI is InChI=1S/C29H24FN7O/c1-29(2,3)28(38)34-18-10-16(13-31-15-18)17-11-22-25(36-37-27(22)33-14-17)24-12-21-19(8-9-32-26(21)35-24)20-6-4-5-7-23(20)30/h4-15H,1-3H3,(H,32,35)(H,34,38)(H,33,36,37). The number of carbonyl (C=O) groups excluding carboxylic acids is 1. The van der Waals surface area contributed by atoms with E-state index < -0.39 is 5.41 Å². The van der Waals surface area contributed by atoms with Gasteiger partial charge in [0.05, 0.1) is 23.3 Å². The molecule has 6 aromatic rings. The van der Waals surface area contributed by atoms with Gasteiger partial charge in [-0.2, -0.15) is 5.10 Å². The Bertz CT molecular complexity index is 1830. The van der Waals surface area contributed by atoms with Crippen LogP contribution < -0.4 is 5.32 Å². The number of halogens is 1. The molecule has 5 aromatic heterocycles. The average Bonchev–Trinajstić information content (AvgIpc) is 3.52. The molecule has 3 N–H and O–H groups in total. The Hall–Kier alpha value is -4.92. The van der Waals surface area contributed by atoms with E-state index in [1.54, 1.807) is 36.9 Å². The van der Waals surface area contributed by atoms with Gasteiger partial charge < -0.3 is 10.3 Å². The van der Waals surface area contributed by atoms with E-state index in [9.17, 15) is 9.18 Å². The van der Waals surface area contributed by atoms with E-state index in [0.717, 1.165) is 38.9 Å². The number of fused-ring (bicyclic) bond motifs is 2. The highest BCUT2D eigenvalue weighted by Crippen LogP contribution is 2.35. The Kier molecular flexibility index (Phi) is 5.48. The topological polar surface area (TPSA) is 112 Å². The third-order valence-corrected chi connectivity index (χ3v) is 6.39. The first-order valence-electron chi connectivity index (χ1n) is 12.1. The van der Waals surface area contributed by atoms with Gasteiger partial charge in [-0.15, -0.1) is 0 Å². The molecule has 1 amide bonds. The van der Waals surface area contributed by atoms with Crippen LogP contribution in [-0.2, 0) is 4.79 Å². The van der Waals surface area contributed by atoms with Crippen LogP contribution in [-0.4, -0.2) is 36.0 Å². The van der Waals surface area contributed by atoms with Crippen molar-refractivity contribution in [1.29, 1.82) is 0 Å². The summed E-state index contributed by atoms with van der Waals surface area (Å²) in [5.74, 6) is -0.387. The fraction of sp³-hybridized carbons (Fsp3) is 0.138. The summed E-state index contributed by atoms with van der Waals surface area (Å²) in [7, 11) is 0. The highest BCUT2D eigenvalue weighted by molar-refractivity contribution is 6.00. The maximum absolute atomic E-state index is 14.6. The Balaban J connectivity index is 1.41. The molecule has 0 bridgehead atoms. The summed E-state index contributed by atoms with van der Waals surface area (Å²) in [5.41, 5.74) is 5.64. The average molecular weight is 506 g/mol. The van der Waals surface area contributed by atoms with Gasteiger partial charge in [0.2, 0.25) is 5.91 Å². The largest absolute Gasteiger partial charge is 0.338 e. The van der Waals surface area contributed by atoms with Gasteiger partial charge in [-0.05, 0) is 35.9 Å².